The Morgan fingerprint density at radius 2 is 1.80 bits per heavy atom. The highest BCUT2D eigenvalue weighted by molar-refractivity contribution is 5.94. The topological polar surface area (TPSA) is 59.6 Å². The van der Waals surface area contributed by atoms with Gasteiger partial charge in [-0.3, -0.25) is 4.79 Å². The SMILES string of the molecule is CC(C)(C)CNC(C)(C)c1ccc2c(c1)CCC(NC(=O)c1ccc(OCC3CCCO3)cc1)C2. The van der Waals surface area contributed by atoms with Crippen LogP contribution in [0.15, 0.2) is 42.5 Å². The summed E-state index contributed by atoms with van der Waals surface area (Å²) in [6.07, 6.45) is 5.17. The van der Waals surface area contributed by atoms with E-state index in [-0.39, 0.29) is 29.0 Å². The predicted molar refractivity (Wildman–Crippen MR) is 141 cm³/mol. The minimum absolute atomic E-state index is 0.0201. The molecule has 4 rings (SSSR count). The van der Waals surface area contributed by atoms with Crippen LogP contribution in [0.5, 0.6) is 5.75 Å². The molecule has 2 aromatic rings. The molecule has 1 fully saturated rings. The van der Waals surface area contributed by atoms with Gasteiger partial charge in [0.15, 0.2) is 0 Å². The lowest BCUT2D eigenvalue weighted by Gasteiger charge is -2.33. The van der Waals surface area contributed by atoms with Crippen LogP contribution in [-0.4, -0.2) is 37.8 Å². The van der Waals surface area contributed by atoms with Gasteiger partial charge in [0.1, 0.15) is 12.4 Å². The van der Waals surface area contributed by atoms with E-state index in [1.807, 2.05) is 24.3 Å². The highest BCUT2D eigenvalue weighted by Gasteiger charge is 2.26. The molecule has 1 amide bonds. The zero-order chi connectivity index (χ0) is 25.1. The van der Waals surface area contributed by atoms with Crippen LogP contribution in [0.25, 0.3) is 0 Å². The highest BCUT2D eigenvalue weighted by Crippen LogP contribution is 2.29. The van der Waals surface area contributed by atoms with Crippen molar-refractivity contribution in [1.29, 1.82) is 0 Å². The van der Waals surface area contributed by atoms with E-state index in [0.29, 0.717) is 12.2 Å². The van der Waals surface area contributed by atoms with Gasteiger partial charge in [-0.1, -0.05) is 39.0 Å². The summed E-state index contributed by atoms with van der Waals surface area (Å²) in [6.45, 7) is 13.6. The van der Waals surface area contributed by atoms with Gasteiger partial charge in [0, 0.05) is 30.3 Å². The quantitative estimate of drug-likeness (QED) is 0.533. The van der Waals surface area contributed by atoms with Crippen LogP contribution in [0, 0.1) is 5.41 Å². The second-order valence-corrected chi connectivity index (χ2v) is 11.9. The summed E-state index contributed by atoms with van der Waals surface area (Å²) in [4.78, 5) is 12.9. The number of carbonyl (C=O) groups is 1. The first-order chi connectivity index (χ1) is 16.6. The number of fused-ring (bicyclic) bond motifs is 1. The van der Waals surface area contributed by atoms with Crippen LogP contribution >= 0.6 is 0 Å². The molecule has 1 aliphatic heterocycles. The molecule has 0 aromatic heterocycles. The van der Waals surface area contributed by atoms with E-state index in [1.54, 1.807) is 0 Å². The Bertz CT molecular complexity index is 1000. The zero-order valence-electron chi connectivity index (χ0n) is 22.1. The van der Waals surface area contributed by atoms with Crippen LogP contribution in [0.1, 0.15) is 80.9 Å². The molecule has 5 nitrogen and oxygen atoms in total. The number of amides is 1. The van der Waals surface area contributed by atoms with Crippen molar-refractivity contribution in [3.63, 3.8) is 0 Å². The van der Waals surface area contributed by atoms with E-state index in [1.165, 1.54) is 16.7 Å². The van der Waals surface area contributed by atoms with Gasteiger partial charge in [-0.25, -0.2) is 0 Å². The largest absolute Gasteiger partial charge is 0.491 e. The van der Waals surface area contributed by atoms with E-state index >= 15 is 0 Å². The summed E-state index contributed by atoms with van der Waals surface area (Å²) < 4.78 is 11.4. The number of nitrogens with one attached hydrogen (secondary N) is 2. The van der Waals surface area contributed by atoms with Crippen molar-refractivity contribution in [2.45, 2.75) is 84.4 Å². The molecule has 1 aliphatic carbocycles. The van der Waals surface area contributed by atoms with Crippen molar-refractivity contribution in [2.24, 2.45) is 5.41 Å². The molecule has 1 saturated heterocycles. The average Bonchev–Trinajstić information content (AvgIpc) is 3.35. The fraction of sp³-hybridized carbons (Fsp3) is 0.567. The molecule has 0 bridgehead atoms. The molecule has 1 heterocycles. The summed E-state index contributed by atoms with van der Waals surface area (Å²) in [5.41, 5.74) is 4.91. The van der Waals surface area contributed by atoms with E-state index < -0.39 is 0 Å². The monoisotopic (exact) mass is 478 g/mol. The molecular weight excluding hydrogens is 436 g/mol. The first-order valence-corrected chi connectivity index (χ1v) is 13.1. The van der Waals surface area contributed by atoms with Crippen molar-refractivity contribution < 1.29 is 14.3 Å². The molecule has 2 N–H and O–H groups in total. The van der Waals surface area contributed by atoms with Gasteiger partial charge in [0.25, 0.3) is 5.91 Å². The molecule has 0 spiro atoms. The second-order valence-electron chi connectivity index (χ2n) is 11.9. The minimum atomic E-state index is -0.0760. The molecule has 2 aromatic carbocycles. The van der Waals surface area contributed by atoms with Gasteiger partial charge in [-0.15, -0.1) is 0 Å². The summed E-state index contributed by atoms with van der Waals surface area (Å²) in [6, 6.07) is 14.4. The van der Waals surface area contributed by atoms with E-state index in [4.69, 9.17) is 9.47 Å². The maximum atomic E-state index is 12.9. The van der Waals surface area contributed by atoms with Gasteiger partial charge in [0.05, 0.1) is 6.10 Å². The van der Waals surface area contributed by atoms with Gasteiger partial charge in [0.2, 0.25) is 0 Å². The standard InChI is InChI=1S/C30H42N2O3/c1-29(2,3)20-31-30(4,5)24-12-8-23-18-25(13-9-22(23)17-24)32-28(33)21-10-14-26(15-11-21)35-19-27-7-6-16-34-27/h8,10-12,14-15,17,25,27,31H,6-7,9,13,16,18-20H2,1-5H3,(H,32,33). The Balaban J connectivity index is 1.31. The normalized spacial score (nSPS) is 20.4. The van der Waals surface area contributed by atoms with E-state index in [2.05, 4.69) is 63.5 Å². The average molecular weight is 479 g/mol. The smallest absolute Gasteiger partial charge is 0.251 e. The number of carbonyl (C=O) groups excluding carboxylic acids is 1. The molecule has 2 atom stereocenters. The molecular formula is C30H42N2O3. The first-order valence-electron chi connectivity index (χ1n) is 13.1. The van der Waals surface area contributed by atoms with Gasteiger partial charge < -0.3 is 20.1 Å². The van der Waals surface area contributed by atoms with Crippen molar-refractivity contribution in [3.05, 3.63) is 64.7 Å². The molecule has 2 unspecified atom stereocenters. The number of ether oxygens (including phenoxy) is 2. The summed E-state index contributed by atoms with van der Waals surface area (Å²) in [7, 11) is 0. The lowest BCUT2D eigenvalue weighted by Crippen LogP contribution is -2.42. The number of aryl methyl sites for hydroxylation is 1. The minimum Gasteiger partial charge on any atom is -0.491 e. The summed E-state index contributed by atoms with van der Waals surface area (Å²) >= 11 is 0. The number of benzene rings is 2. The Morgan fingerprint density at radius 1 is 1.03 bits per heavy atom. The van der Waals surface area contributed by atoms with Crippen LogP contribution in [0.3, 0.4) is 0 Å². The lowest BCUT2D eigenvalue weighted by molar-refractivity contribution is 0.0679. The molecule has 35 heavy (non-hydrogen) atoms. The van der Waals surface area contributed by atoms with Crippen molar-refractivity contribution in [1.82, 2.24) is 10.6 Å². The maximum Gasteiger partial charge on any atom is 0.251 e. The maximum absolute atomic E-state index is 12.9. The van der Waals surface area contributed by atoms with Crippen molar-refractivity contribution in [2.75, 3.05) is 19.8 Å². The third-order valence-electron chi connectivity index (χ3n) is 7.13. The number of rotatable bonds is 8. The van der Waals surface area contributed by atoms with Gasteiger partial charge in [-0.05, 0) is 92.3 Å². The predicted octanol–water partition coefficient (Wildman–Crippen LogP) is 5.40. The van der Waals surface area contributed by atoms with Crippen LogP contribution in [-0.2, 0) is 23.1 Å². The number of hydrogen-bond donors (Lipinski definition) is 2. The van der Waals surface area contributed by atoms with Crippen molar-refractivity contribution >= 4 is 5.91 Å². The Kier molecular flexibility index (Phi) is 7.87. The van der Waals surface area contributed by atoms with Gasteiger partial charge in [-0.2, -0.15) is 0 Å². The zero-order valence-corrected chi connectivity index (χ0v) is 22.1. The third-order valence-corrected chi connectivity index (χ3v) is 7.13. The fourth-order valence-electron chi connectivity index (χ4n) is 4.79. The fourth-order valence-corrected chi connectivity index (χ4v) is 4.79. The van der Waals surface area contributed by atoms with Gasteiger partial charge >= 0.3 is 0 Å². The van der Waals surface area contributed by atoms with Crippen LogP contribution < -0.4 is 15.4 Å². The Labute approximate surface area is 211 Å². The highest BCUT2D eigenvalue weighted by atomic mass is 16.5. The lowest BCUT2D eigenvalue weighted by atomic mass is 9.83. The molecule has 2 aliphatic rings. The Morgan fingerprint density at radius 3 is 2.49 bits per heavy atom. The Hall–Kier alpha value is -2.37. The summed E-state index contributed by atoms with van der Waals surface area (Å²) in [5, 5.41) is 6.97. The first kappa shape index (κ1) is 25.7. The molecule has 5 heteroatoms. The molecule has 0 saturated carbocycles. The molecule has 190 valence electrons. The third kappa shape index (κ3) is 7.08. The van der Waals surface area contributed by atoms with Crippen LogP contribution in [0.4, 0.5) is 0 Å². The number of hydrogen-bond acceptors (Lipinski definition) is 4. The van der Waals surface area contributed by atoms with E-state index in [0.717, 1.165) is 51.0 Å². The summed E-state index contributed by atoms with van der Waals surface area (Å²) in [5.74, 6) is 0.757. The molecule has 0 radical (unpaired) electrons. The van der Waals surface area contributed by atoms with Crippen LogP contribution in [0.2, 0.25) is 0 Å². The van der Waals surface area contributed by atoms with E-state index in [9.17, 15) is 4.79 Å². The second kappa shape index (κ2) is 10.7. The van der Waals surface area contributed by atoms with Crippen molar-refractivity contribution in [3.8, 4) is 5.75 Å².